The molecule has 1 aliphatic heterocycles. The Labute approximate surface area is 125 Å². The predicted molar refractivity (Wildman–Crippen MR) is 81.2 cm³/mol. The molecule has 1 aromatic heterocycles. The molecule has 1 aromatic rings. The lowest BCUT2D eigenvalue weighted by atomic mass is 10.2. The van der Waals surface area contributed by atoms with Crippen molar-refractivity contribution >= 4 is 17.4 Å². The summed E-state index contributed by atoms with van der Waals surface area (Å²) in [5.74, 6) is 0.935. The van der Waals surface area contributed by atoms with Gasteiger partial charge in [-0.3, -0.25) is 4.90 Å². The Morgan fingerprint density at radius 2 is 1.85 bits per heavy atom. The van der Waals surface area contributed by atoms with E-state index in [4.69, 9.17) is 11.6 Å². The van der Waals surface area contributed by atoms with E-state index in [1.807, 2.05) is 12.1 Å². The molecule has 0 aromatic carbocycles. The van der Waals surface area contributed by atoms with Crippen LogP contribution in [0.4, 0.5) is 5.82 Å². The monoisotopic (exact) mass is 295 g/mol. The third-order valence-corrected chi connectivity index (χ3v) is 4.88. The molecule has 2 fully saturated rings. The zero-order valence-electron chi connectivity index (χ0n) is 11.8. The summed E-state index contributed by atoms with van der Waals surface area (Å²) in [6, 6.07) is 4.59. The van der Waals surface area contributed by atoms with Crippen molar-refractivity contribution in [1.82, 2.24) is 9.88 Å². The first-order valence-corrected chi connectivity index (χ1v) is 7.91. The second-order valence-corrected chi connectivity index (χ2v) is 6.12. The molecule has 5 heteroatoms. The van der Waals surface area contributed by atoms with E-state index in [1.165, 1.54) is 25.7 Å². The summed E-state index contributed by atoms with van der Waals surface area (Å²) in [5.41, 5.74) is 0.572. The Morgan fingerprint density at radius 3 is 2.50 bits per heavy atom. The van der Waals surface area contributed by atoms with Crippen LogP contribution in [0.3, 0.4) is 0 Å². The summed E-state index contributed by atoms with van der Waals surface area (Å²) in [7, 11) is 0. The minimum Gasteiger partial charge on any atom is -0.390 e. The van der Waals surface area contributed by atoms with Gasteiger partial charge < -0.3 is 10.0 Å². The Hall–Kier alpha value is -0.840. The smallest absolute Gasteiger partial charge is 0.129 e. The second kappa shape index (κ2) is 6.29. The molecule has 0 bridgehead atoms. The van der Waals surface area contributed by atoms with E-state index in [1.54, 1.807) is 0 Å². The quantitative estimate of drug-likeness (QED) is 0.929. The van der Waals surface area contributed by atoms with Gasteiger partial charge in [-0.15, -0.1) is 0 Å². The lowest BCUT2D eigenvalue weighted by molar-refractivity contribution is 0.187. The van der Waals surface area contributed by atoms with Gasteiger partial charge in [0.05, 0.1) is 17.3 Å². The summed E-state index contributed by atoms with van der Waals surface area (Å²) in [4.78, 5) is 9.39. The van der Waals surface area contributed by atoms with Crippen LogP contribution in [0.15, 0.2) is 12.1 Å². The Morgan fingerprint density at radius 1 is 1.15 bits per heavy atom. The molecule has 0 radical (unpaired) electrons. The van der Waals surface area contributed by atoms with Gasteiger partial charge in [0.1, 0.15) is 5.82 Å². The Kier molecular flexibility index (Phi) is 4.44. The number of anilines is 1. The second-order valence-electron chi connectivity index (χ2n) is 5.72. The van der Waals surface area contributed by atoms with E-state index in [2.05, 4.69) is 14.8 Å². The van der Waals surface area contributed by atoms with E-state index in [0.717, 1.165) is 38.0 Å². The molecule has 3 rings (SSSR count). The highest BCUT2D eigenvalue weighted by Crippen LogP contribution is 2.26. The third kappa shape index (κ3) is 2.92. The number of rotatable bonds is 3. The average Bonchev–Trinajstić information content (AvgIpc) is 3.02. The fourth-order valence-corrected chi connectivity index (χ4v) is 3.51. The van der Waals surface area contributed by atoms with Gasteiger partial charge in [0.15, 0.2) is 0 Å². The molecule has 2 aliphatic rings. The summed E-state index contributed by atoms with van der Waals surface area (Å²) in [6.07, 6.45) is 5.52. The number of aliphatic hydroxyl groups is 1. The van der Waals surface area contributed by atoms with Crippen molar-refractivity contribution in [3.05, 3.63) is 22.8 Å². The largest absolute Gasteiger partial charge is 0.390 e. The first kappa shape index (κ1) is 14.1. The van der Waals surface area contributed by atoms with Gasteiger partial charge in [-0.1, -0.05) is 24.4 Å². The summed E-state index contributed by atoms with van der Waals surface area (Å²) in [6.45, 7) is 4.15. The zero-order chi connectivity index (χ0) is 13.9. The summed E-state index contributed by atoms with van der Waals surface area (Å²) < 4.78 is 0. The van der Waals surface area contributed by atoms with E-state index >= 15 is 0 Å². The maximum absolute atomic E-state index is 9.25. The van der Waals surface area contributed by atoms with Gasteiger partial charge in [0, 0.05) is 32.2 Å². The number of pyridine rings is 1. The van der Waals surface area contributed by atoms with E-state index < -0.39 is 0 Å². The predicted octanol–water partition coefficient (Wildman–Crippen LogP) is 2.29. The van der Waals surface area contributed by atoms with Crippen LogP contribution in [0, 0.1) is 0 Å². The minimum absolute atomic E-state index is 0.102. The molecule has 4 nitrogen and oxygen atoms in total. The highest BCUT2D eigenvalue weighted by Gasteiger charge is 2.26. The number of halogens is 1. The molecule has 0 amide bonds. The fourth-order valence-electron chi connectivity index (χ4n) is 3.35. The van der Waals surface area contributed by atoms with Gasteiger partial charge in [-0.2, -0.15) is 0 Å². The number of hydrogen-bond acceptors (Lipinski definition) is 4. The van der Waals surface area contributed by atoms with Crippen molar-refractivity contribution in [2.45, 2.75) is 38.3 Å². The standard InChI is InChI=1S/C15H22ClN3O/c16-13-5-6-15(17-14(13)11-20)19-9-7-18(8-10-19)12-3-1-2-4-12/h5-6,12,20H,1-4,7-11H2. The molecular formula is C15H22ClN3O. The zero-order valence-corrected chi connectivity index (χ0v) is 12.5. The van der Waals surface area contributed by atoms with Gasteiger partial charge >= 0.3 is 0 Å². The molecule has 2 heterocycles. The summed E-state index contributed by atoms with van der Waals surface area (Å²) in [5, 5.41) is 9.80. The first-order valence-electron chi connectivity index (χ1n) is 7.53. The van der Waals surface area contributed by atoms with E-state index in [9.17, 15) is 5.11 Å². The summed E-state index contributed by atoms with van der Waals surface area (Å²) >= 11 is 6.00. The molecule has 110 valence electrons. The highest BCUT2D eigenvalue weighted by molar-refractivity contribution is 6.31. The van der Waals surface area contributed by atoms with Crippen LogP contribution < -0.4 is 4.90 Å². The molecule has 0 unspecified atom stereocenters. The van der Waals surface area contributed by atoms with Gasteiger partial charge in [-0.05, 0) is 25.0 Å². The number of piperazine rings is 1. The maximum Gasteiger partial charge on any atom is 0.129 e. The van der Waals surface area contributed by atoms with E-state index in [-0.39, 0.29) is 6.61 Å². The van der Waals surface area contributed by atoms with Crippen molar-refractivity contribution in [2.75, 3.05) is 31.1 Å². The Bertz CT molecular complexity index is 454. The lowest BCUT2D eigenvalue weighted by Crippen LogP contribution is -2.50. The molecule has 1 N–H and O–H groups in total. The van der Waals surface area contributed by atoms with E-state index in [0.29, 0.717) is 10.7 Å². The highest BCUT2D eigenvalue weighted by atomic mass is 35.5. The Balaban J connectivity index is 1.62. The molecule has 0 atom stereocenters. The maximum atomic E-state index is 9.25. The molecule has 1 saturated heterocycles. The van der Waals surface area contributed by atoms with Crippen LogP contribution in [0.5, 0.6) is 0 Å². The van der Waals surface area contributed by atoms with Crippen LogP contribution in [0.1, 0.15) is 31.4 Å². The fraction of sp³-hybridized carbons (Fsp3) is 0.667. The van der Waals surface area contributed by atoms with Crippen LogP contribution in [-0.4, -0.2) is 47.2 Å². The topological polar surface area (TPSA) is 39.6 Å². The van der Waals surface area contributed by atoms with Crippen molar-refractivity contribution in [3.8, 4) is 0 Å². The molecular weight excluding hydrogens is 274 g/mol. The molecule has 1 saturated carbocycles. The lowest BCUT2D eigenvalue weighted by Gasteiger charge is -2.38. The number of aromatic nitrogens is 1. The number of hydrogen-bond donors (Lipinski definition) is 1. The average molecular weight is 296 g/mol. The number of aliphatic hydroxyl groups excluding tert-OH is 1. The van der Waals surface area contributed by atoms with Crippen LogP contribution in [-0.2, 0) is 6.61 Å². The van der Waals surface area contributed by atoms with Gasteiger partial charge in [0.25, 0.3) is 0 Å². The molecule has 0 spiro atoms. The van der Waals surface area contributed by atoms with Crippen LogP contribution in [0.25, 0.3) is 0 Å². The SMILES string of the molecule is OCc1nc(N2CCN(C3CCCC3)CC2)ccc1Cl. The third-order valence-electron chi connectivity index (χ3n) is 4.53. The van der Waals surface area contributed by atoms with Crippen molar-refractivity contribution in [2.24, 2.45) is 0 Å². The normalized spacial score (nSPS) is 21.6. The molecule has 20 heavy (non-hydrogen) atoms. The van der Waals surface area contributed by atoms with Crippen molar-refractivity contribution < 1.29 is 5.11 Å². The van der Waals surface area contributed by atoms with Crippen molar-refractivity contribution in [3.63, 3.8) is 0 Å². The van der Waals surface area contributed by atoms with Crippen molar-refractivity contribution in [1.29, 1.82) is 0 Å². The first-order chi connectivity index (χ1) is 9.78. The van der Waals surface area contributed by atoms with Crippen LogP contribution >= 0.6 is 11.6 Å². The van der Waals surface area contributed by atoms with Gasteiger partial charge in [0.2, 0.25) is 0 Å². The number of nitrogens with zero attached hydrogens (tertiary/aromatic N) is 3. The minimum atomic E-state index is -0.102. The van der Waals surface area contributed by atoms with Crippen LogP contribution in [0.2, 0.25) is 5.02 Å². The van der Waals surface area contributed by atoms with Gasteiger partial charge in [-0.25, -0.2) is 4.98 Å². The molecule has 1 aliphatic carbocycles.